The first-order valence-corrected chi connectivity index (χ1v) is 10.6. The van der Waals surface area contributed by atoms with Crippen LogP contribution < -0.4 is 10.6 Å². The quantitative estimate of drug-likeness (QED) is 0.371. The number of guanidine groups is 1. The lowest BCUT2D eigenvalue weighted by Gasteiger charge is -2.40. The molecule has 3 rings (SSSR count). The highest BCUT2D eigenvalue weighted by Crippen LogP contribution is 2.25. The first-order chi connectivity index (χ1) is 12.2. The second kappa shape index (κ2) is 11.7. The molecular weight excluding hydrogens is 437 g/mol. The minimum absolute atomic E-state index is 0. The molecule has 152 valence electrons. The smallest absolute Gasteiger partial charge is 0.191 e. The SMILES string of the molecule is CN=C(NCC1CCCN(C)C1)NC1CCCN(C2CCCCC2)C1.I. The Balaban J connectivity index is 0.00000243. The van der Waals surface area contributed by atoms with Gasteiger partial charge in [-0.1, -0.05) is 19.3 Å². The fourth-order valence-electron chi connectivity index (χ4n) is 4.97. The van der Waals surface area contributed by atoms with Crippen molar-refractivity contribution in [3.63, 3.8) is 0 Å². The van der Waals surface area contributed by atoms with E-state index in [4.69, 9.17) is 0 Å². The molecule has 0 radical (unpaired) electrons. The van der Waals surface area contributed by atoms with Gasteiger partial charge in [0.25, 0.3) is 0 Å². The molecule has 0 aromatic heterocycles. The summed E-state index contributed by atoms with van der Waals surface area (Å²) < 4.78 is 0. The Morgan fingerprint density at radius 1 is 0.962 bits per heavy atom. The molecule has 2 unspecified atom stereocenters. The number of halogens is 1. The molecular formula is C20H40IN5. The fraction of sp³-hybridized carbons (Fsp3) is 0.950. The largest absolute Gasteiger partial charge is 0.356 e. The van der Waals surface area contributed by atoms with Gasteiger partial charge in [0, 0.05) is 38.8 Å². The summed E-state index contributed by atoms with van der Waals surface area (Å²) in [5, 5.41) is 7.30. The zero-order valence-electron chi connectivity index (χ0n) is 16.9. The summed E-state index contributed by atoms with van der Waals surface area (Å²) in [6.45, 7) is 6.00. The summed E-state index contributed by atoms with van der Waals surface area (Å²) in [6.07, 6.45) is 12.4. The van der Waals surface area contributed by atoms with Crippen molar-refractivity contribution in [2.24, 2.45) is 10.9 Å². The molecule has 5 nitrogen and oxygen atoms in total. The number of nitrogens with zero attached hydrogens (tertiary/aromatic N) is 3. The predicted molar refractivity (Wildman–Crippen MR) is 122 cm³/mol. The Morgan fingerprint density at radius 2 is 1.73 bits per heavy atom. The van der Waals surface area contributed by atoms with Crippen LogP contribution in [0, 0.1) is 5.92 Å². The van der Waals surface area contributed by atoms with Crippen LogP contribution in [0.5, 0.6) is 0 Å². The van der Waals surface area contributed by atoms with Gasteiger partial charge in [-0.15, -0.1) is 24.0 Å². The fourth-order valence-corrected chi connectivity index (χ4v) is 4.97. The van der Waals surface area contributed by atoms with Crippen LogP contribution in [-0.4, -0.2) is 74.7 Å². The summed E-state index contributed by atoms with van der Waals surface area (Å²) in [7, 11) is 4.14. The van der Waals surface area contributed by atoms with Gasteiger partial charge >= 0.3 is 0 Å². The van der Waals surface area contributed by atoms with E-state index in [0.29, 0.717) is 6.04 Å². The van der Waals surface area contributed by atoms with Crippen molar-refractivity contribution in [3.8, 4) is 0 Å². The third kappa shape index (κ3) is 6.82. The number of hydrogen-bond acceptors (Lipinski definition) is 3. The van der Waals surface area contributed by atoms with E-state index in [1.54, 1.807) is 0 Å². The van der Waals surface area contributed by atoms with Crippen LogP contribution in [0.25, 0.3) is 0 Å². The van der Waals surface area contributed by atoms with Gasteiger partial charge in [0.15, 0.2) is 5.96 Å². The standard InChI is InChI=1S/C20H39N5.HI/c1-21-20(22-14-17-8-6-12-24(2)15-17)23-18-9-7-13-25(16-18)19-10-4-3-5-11-19;/h17-19H,3-16H2,1-2H3,(H2,21,22,23);1H. The number of aliphatic imine (C=N–C) groups is 1. The van der Waals surface area contributed by atoms with Crippen LogP contribution in [0.15, 0.2) is 4.99 Å². The number of rotatable bonds is 4. The Hall–Kier alpha value is -0.0800. The first-order valence-electron chi connectivity index (χ1n) is 10.6. The van der Waals surface area contributed by atoms with Gasteiger partial charge in [-0.3, -0.25) is 9.89 Å². The van der Waals surface area contributed by atoms with E-state index >= 15 is 0 Å². The molecule has 0 aromatic carbocycles. The Kier molecular flexibility index (Phi) is 9.99. The van der Waals surface area contributed by atoms with E-state index in [0.717, 1.165) is 24.5 Å². The van der Waals surface area contributed by atoms with Gasteiger partial charge in [0.1, 0.15) is 0 Å². The number of nitrogens with one attached hydrogen (secondary N) is 2. The minimum Gasteiger partial charge on any atom is -0.356 e. The van der Waals surface area contributed by atoms with Crippen LogP contribution in [0.1, 0.15) is 57.8 Å². The molecule has 2 atom stereocenters. The zero-order valence-corrected chi connectivity index (χ0v) is 19.2. The highest BCUT2D eigenvalue weighted by molar-refractivity contribution is 14.0. The zero-order chi connectivity index (χ0) is 17.5. The summed E-state index contributed by atoms with van der Waals surface area (Å²) in [5.74, 6) is 1.76. The molecule has 2 saturated heterocycles. The Morgan fingerprint density at radius 3 is 2.46 bits per heavy atom. The molecule has 2 heterocycles. The summed E-state index contributed by atoms with van der Waals surface area (Å²) >= 11 is 0. The van der Waals surface area contributed by atoms with Gasteiger partial charge in [0.05, 0.1) is 0 Å². The van der Waals surface area contributed by atoms with Gasteiger partial charge < -0.3 is 15.5 Å². The third-order valence-corrected chi connectivity index (χ3v) is 6.39. The monoisotopic (exact) mass is 477 g/mol. The summed E-state index contributed by atoms with van der Waals surface area (Å²) in [5.41, 5.74) is 0. The third-order valence-electron chi connectivity index (χ3n) is 6.39. The van der Waals surface area contributed by atoms with Crippen molar-refractivity contribution in [1.29, 1.82) is 0 Å². The van der Waals surface area contributed by atoms with E-state index in [1.165, 1.54) is 84.0 Å². The molecule has 3 aliphatic rings. The van der Waals surface area contributed by atoms with Crippen LogP contribution in [0.2, 0.25) is 0 Å². The van der Waals surface area contributed by atoms with Crippen molar-refractivity contribution in [3.05, 3.63) is 0 Å². The van der Waals surface area contributed by atoms with Gasteiger partial charge in [0.2, 0.25) is 0 Å². The molecule has 0 spiro atoms. The van der Waals surface area contributed by atoms with Gasteiger partial charge in [-0.05, 0) is 64.6 Å². The van der Waals surface area contributed by atoms with Gasteiger partial charge in [-0.25, -0.2) is 0 Å². The molecule has 0 amide bonds. The second-order valence-electron chi connectivity index (χ2n) is 8.49. The molecule has 2 N–H and O–H groups in total. The van der Waals surface area contributed by atoms with E-state index in [2.05, 4.69) is 32.5 Å². The summed E-state index contributed by atoms with van der Waals surface area (Å²) in [4.78, 5) is 9.69. The average Bonchev–Trinajstić information content (AvgIpc) is 2.66. The van der Waals surface area contributed by atoms with Crippen LogP contribution in [-0.2, 0) is 0 Å². The normalized spacial score (nSPS) is 29.8. The van der Waals surface area contributed by atoms with Crippen molar-refractivity contribution >= 4 is 29.9 Å². The molecule has 1 saturated carbocycles. The molecule has 6 heteroatoms. The number of hydrogen-bond donors (Lipinski definition) is 2. The lowest BCUT2D eigenvalue weighted by Crippen LogP contribution is -2.54. The molecule has 3 fully saturated rings. The lowest BCUT2D eigenvalue weighted by molar-refractivity contribution is 0.115. The van der Waals surface area contributed by atoms with E-state index in [9.17, 15) is 0 Å². The minimum atomic E-state index is 0. The van der Waals surface area contributed by atoms with E-state index in [1.807, 2.05) is 7.05 Å². The van der Waals surface area contributed by atoms with Crippen molar-refractivity contribution in [1.82, 2.24) is 20.4 Å². The topological polar surface area (TPSA) is 42.9 Å². The highest BCUT2D eigenvalue weighted by Gasteiger charge is 2.27. The molecule has 0 aromatic rings. The number of piperidine rings is 2. The average molecular weight is 477 g/mol. The van der Waals surface area contributed by atoms with Crippen molar-refractivity contribution in [2.45, 2.75) is 69.9 Å². The maximum Gasteiger partial charge on any atom is 0.191 e. The second-order valence-corrected chi connectivity index (χ2v) is 8.49. The predicted octanol–water partition coefficient (Wildman–Crippen LogP) is 2.91. The maximum atomic E-state index is 4.49. The molecule has 2 aliphatic heterocycles. The Labute approximate surface area is 177 Å². The first kappa shape index (κ1) is 22.2. The van der Waals surface area contributed by atoms with E-state index in [-0.39, 0.29) is 24.0 Å². The van der Waals surface area contributed by atoms with Crippen molar-refractivity contribution in [2.75, 3.05) is 46.8 Å². The highest BCUT2D eigenvalue weighted by atomic mass is 127. The van der Waals surface area contributed by atoms with E-state index < -0.39 is 0 Å². The van der Waals surface area contributed by atoms with Crippen LogP contribution in [0.4, 0.5) is 0 Å². The van der Waals surface area contributed by atoms with Crippen molar-refractivity contribution < 1.29 is 0 Å². The number of likely N-dealkylation sites (tertiary alicyclic amines) is 2. The maximum absolute atomic E-state index is 4.49. The van der Waals surface area contributed by atoms with Crippen LogP contribution >= 0.6 is 24.0 Å². The van der Waals surface area contributed by atoms with Crippen LogP contribution in [0.3, 0.4) is 0 Å². The molecule has 1 aliphatic carbocycles. The lowest BCUT2D eigenvalue weighted by atomic mass is 9.92. The summed E-state index contributed by atoms with van der Waals surface area (Å²) in [6, 6.07) is 1.39. The van der Waals surface area contributed by atoms with Gasteiger partial charge in [-0.2, -0.15) is 0 Å². The molecule has 26 heavy (non-hydrogen) atoms. The Bertz CT molecular complexity index is 424. The molecule has 0 bridgehead atoms.